The standard InChI is InChI=1S/C23H30O5/c1-5-21-7-6-14(24)10-15(21)12(2)8-17-16-9-13(3)22(27,19(25)26)20(16,4)11-18-23(17,21)28-18/h6-7,10,12-13,16-18,27H,5,8-9,11H2,1-4H3,(H,25,26)/t12-,13?,16?,17?,18-,20-,21-,22-,23+/m0/s1. The normalized spacial score (nSPS) is 56.2. The molecule has 1 saturated heterocycles. The van der Waals surface area contributed by atoms with Crippen LogP contribution in [0, 0.1) is 34.5 Å². The summed E-state index contributed by atoms with van der Waals surface area (Å²) in [5.41, 5.74) is -1.87. The van der Waals surface area contributed by atoms with Crippen molar-refractivity contribution in [1.29, 1.82) is 0 Å². The SMILES string of the molecule is CC[C@]12C=CC(=O)C=C1[C@@H](C)CC1C3CC(C)[C@](O)(C(=O)O)[C@@]3(C)C[C@@H]3O[C@]132. The Hall–Kier alpha value is -1.46. The number of fused-ring (bicyclic) bond motifs is 3. The van der Waals surface area contributed by atoms with Gasteiger partial charge < -0.3 is 14.9 Å². The maximum Gasteiger partial charge on any atom is 0.336 e. The van der Waals surface area contributed by atoms with Gasteiger partial charge in [-0.25, -0.2) is 4.79 Å². The van der Waals surface area contributed by atoms with Crippen LogP contribution in [0.15, 0.2) is 23.8 Å². The van der Waals surface area contributed by atoms with Crippen LogP contribution in [0.4, 0.5) is 0 Å². The number of hydrogen-bond donors (Lipinski definition) is 2. The molecule has 9 atom stereocenters. The van der Waals surface area contributed by atoms with Gasteiger partial charge in [-0.15, -0.1) is 0 Å². The summed E-state index contributed by atoms with van der Waals surface area (Å²) < 4.78 is 6.52. The number of rotatable bonds is 2. The van der Waals surface area contributed by atoms with Crippen LogP contribution in [0.5, 0.6) is 0 Å². The van der Waals surface area contributed by atoms with Gasteiger partial charge in [-0.3, -0.25) is 4.79 Å². The average molecular weight is 386 g/mol. The van der Waals surface area contributed by atoms with Crippen LogP contribution in [0.25, 0.3) is 0 Å². The minimum absolute atomic E-state index is 0.0494. The summed E-state index contributed by atoms with van der Waals surface area (Å²) >= 11 is 0. The Kier molecular flexibility index (Phi) is 3.43. The van der Waals surface area contributed by atoms with Crippen molar-refractivity contribution in [1.82, 2.24) is 0 Å². The van der Waals surface area contributed by atoms with Crippen LogP contribution < -0.4 is 0 Å². The van der Waals surface area contributed by atoms with Crippen LogP contribution in [0.2, 0.25) is 0 Å². The fraction of sp³-hybridized carbons (Fsp3) is 0.739. The maximum atomic E-state index is 12.2. The van der Waals surface area contributed by atoms with E-state index in [4.69, 9.17) is 4.74 Å². The lowest BCUT2D eigenvalue weighted by Gasteiger charge is -2.57. The predicted octanol–water partition coefficient (Wildman–Crippen LogP) is 3.12. The van der Waals surface area contributed by atoms with Crippen molar-refractivity contribution in [3.63, 3.8) is 0 Å². The van der Waals surface area contributed by atoms with Gasteiger partial charge in [0.05, 0.1) is 6.10 Å². The highest BCUT2D eigenvalue weighted by Crippen LogP contribution is 2.77. The first kappa shape index (κ1) is 18.6. The summed E-state index contributed by atoms with van der Waals surface area (Å²) in [4.78, 5) is 24.3. The van der Waals surface area contributed by atoms with Crippen LogP contribution in [0.1, 0.15) is 53.4 Å². The van der Waals surface area contributed by atoms with E-state index in [1.165, 1.54) is 5.57 Å². The van der Waals surface area contributed by atoms with E-state index in [1.54, 1.807) is 6.08 Å². The number of aliphatic hydroxyl groups is 1. The number of carboxylic acid groups (broad SMARTS) is 1. The first-order chi connectivity index (χ1) is 13.1. The molecule has 0 aromatic heterocycles. The Balaban J connectivity index is 1.66. The maximum absolute atomic E-state index is 12.2. The third-order valence-corrected chi connectivity index (χ3v) is 9.48. The number of hydrogen-bond acceptors (Lipinski definition) is 4. The Morgan fingerprint density at radius 1 is 1.29 bits per heavy atom. The number of epoxide rings is 1. The second kappa shape index (κ2) is 5.17. The Morgan fingerprint density at radius 2 is 2.00 bits per heavy atom. The zero-order valence-electron chi connectivity index (χ0n) is 17.1. The van der Waals surface area contributed by atoms with E-state index in [9.17, 15) is 19.8 Å². The van der Waals surface area contributed by atoms with Gasteiger partial charge in [0.25, 0.3) is 0 Å². The van der Waals surface area contributed by atoms with Gasteiger partial charge in [-0.1, -0.05) is 39.3 Å². The summed E-state index contributed by atoms with van der Waals surface area (Å²) in [6.07, 6.45) is 8.53. The summed E-state index contributed by atoms with van der Waals surface area (Å²) in [5.74, 6) is -0.810. The molecule has 3 saturated carbocycles. The zero-order valence-corrected chi connectivity index (χ0v) is 17.1. The molecule has 0 radical (unpaired) electrons. The fourth-order valence-electron chi connectivity index (χ4n) is 8.19. The molecule has 4 fully saturated rings. The minimum atomic E-state index is -1.72. The van der Waals surface area contributed by atoms with Crippen LogP contribution >= 0.6 is 0 Å². The third kappa shape index (κ3) is 1.70. The number of aliphatic carboxylic acids is 1. The van der Waals surface area contributed by atoms with Crippen molar-refractivity contribution >= 4 is 11.8 Å². The molecular weight excluding hydrogens is 356 g/mol. The van der Waals surface area contributed by atoms with E-state index in [1.807, 2.05) is 19.9 Å². The predicted molar refractivity (Wildman–Crippen MR) is 102 cm³/mol. The van der Waals surface area contributed by atoms with Crippen molar-refractivity contribution in [2.45, 2.75) is 70.7 Å². The molecule has 1 aliphatic heterocycles. The van der Waals surface area contributed by atoms with Crippen LogP contribution in [0.3, 0.4) is 0 Å². The molecule has 1 heterocycles. The topological polar surface area (TPSA) is 87.1 Å². The van der Waals surface area contributed by atoms with Gasteiger partial charge in [0.15, 0.2) is 11.4 Å². The van der Waals surface area contributed by atoms with Crippen LogP contribution in [-0.4, -0.2) is 39.3 Å². The summed E-state index contributed by atoms with van der Waals surface area (Å²) in [6.45, 7) is 8.19. The molecule has 28 heavy (non-hydrogen) atoms. The van der Waals surface area contributed by atoms with Gasteiger partial charge in [-0.05, 0) is 61.5 Å². The number of ether oxygens (including phenoxy) is 1. The van der Waals surface area contributed by atoms with Crippen molar-refractivity contribution in [3.05, 3.63) is 23.8 Å². The summed E-state index contributed by atoms with van der Waals surface area (Å²) in [7, 11) is 0. The van der Waals surface area contributed by atoms with E-state index in [0.717, 1.165) is 12.8 Å². The Labute approximate surface area is 165 Å². The molecule has 152 valence electrons. The van der Waals surface area contributed by atoms with E-state index in [0.29, 0.717) is 12.8 Å². The molecule has 1 spiro atoms. The Bertz CT molecular complexity index is 844. The Morgan fingerprint density at radius 3 is 2.64 bits per heavy atom. The number of ketones is 1. The molecule has 0 amide bonds. The first-order valence-corrected chi connectivity index (χ1v) is 10.7. The zero-order chi connectivity index (χ0) is 20.3. The lowest BCUT2D eigenvalue weighted by Crippen LogP contribution is -2.63. The largest absolute Gasteiger partial charge is 0.479 e. The van der Waals surface area contributed by atoms with Gasteiger partial charge in [0.1, 0.15) is 5.60 Å². The van der Waals surface area contributed by atoms with Crippen molar-refractivity contribution in [3.8, 4) is 0 Å². The molecule has 5 heteroatoms. The smallest absolute Gasteiger partial charge is 0.336 e. The molecule has 3 unspecified atom stereocenters. The van der Waals surface area contributed by atoms with E-state index < -0.39 is 17.0 Å². The van der Waals surface area contributed by atoms with Gasteiger partial charge in [0.2, 0.25) is 0 Å². The van der Waals surface area contributed by atoms with Crippen molar-refractivity contribution < 1.29 is 24.5 Å². The van der Waals surface area contributed by atoms with Crippen molar-refractivity contribution in [2.24, 2.45) is 34.5 Å². The minimum Gasteiger partial charge on any atom is -0.479 e. The van der Waals surface area contributed by atoms with Crippen LogP contribution in [-0.2, 0) is 14.3 Å². The number of allylic oxidation sites excluding steroid dienone is 2. The molecule has 4 aliphatic carbocycles. The number of carboxylic acids is 1. The highest BCUT2D eigenvalue weighted by molar-refractivity contribution is 6.01. The second-order valence-electron chi connectivity index (χ2n) is 10.2. The number of carbonyl (C=O) groups excluding carboxylic acids is 1. The highest BCUT2D eigenvalue weighted by Gasteiger charge is 2.83. The molecule has 5 rings (SSSR count). The molecule has 5 aliphatic rings. The molecule has 2 N–H and O–H groups in total. The number of carbonyl (C=O) groups is 2. The highest BCUT2D eigenvalue weighted by atomic mass is 16.6. The van der Waals surface area contributed by atoms with Gasteiger partial charge in [-0.2, -0.15) is 0 Å². The second-order valence-corrected chi connectivity index (χ2v) is 10.2. The summed E-state index contributed by atoms with van der Waals surface area (Å²) in [5, 5.41) is 21.3. The monoisotopic (exact) mass is 386 g/mol. The third-order valence-electron chi connectivity index (χ3n) is 9.48. The van der Waals surface area contributed by atoms with E-state index >= 15 is 0 Å². The fourth-order valence-corrected chi connectivity index (χ4v) is 8.19. The van der Waals surface area contributed by atoms with E-state index in [2.05, 4.69) is 19.9 Å². The lowest BCUT2D eigenvalue weighted by atomic mass is 9.44. The molecular formula is C23H30O5. The quantitative estimate of drug-likeness (QED) is 0.712. The lowest BCUT2D eigenvalue weighted by molar-refractivity contribution is -0.184. The molecule has 0 aromatic carbocycles. The van der Waals surface area contributed by atoms with E-state index in [-0.39, 0.29) is 46.6 Å². The molecule has 0 aromatic rings. The van der Waals surface area contributed by atoms with Gasteiger partial charge in [0, 0.05) is 10.8 Å². The molecule has 0 bridgehead atoms. The first-order valence-electron chi connectivity index (χ1n) is 10.7. The molecule has 5 nitrogen and oxygen atoms in total. The summed E-state index contributed by atoms with van der Waals surface area (Å²) in [6, 6.07) is 0. The average Bonchev–Trinajstić information content (AvgIpc) is 3.32. The van der Waals surface area contributed by atoms with Crippen molar-refractivity contribution in [2.75, 3.05) is 0 Å². The van der Waals surface area contributed by atoms with Gasteiger partial charge >= 0.3 is 5.97 Å².